The molecule has 0 bridgehead atoms. The lowest BCUT2D eigenvalue weighted by Crippen LogP contribution is -2.24. The van der Waals surface area contributed by atoms with Crippen LogP contribution in [0, 0.1) is 0 Å². The Hall–Kier alpha value is -3.80. The number of phenolic OH excluding ortho intramolecular Hbond substituents is 1. The maximum Gasteiger partial charge on any atom is 0.255 e. The molecule has 0 aromatic heterocycles. The van der Waals surface area contributed by atoms with Crippen LogP contribution in [0.25, 0.3) is 0 Å². The molecule has 2 amide bonds. The minimum absolute atomic E-state index is 0.0106. The van der Waals surface area contributed by atoms with Gasteiger partial charge in [0.2, 0.25) is 5.91 Å². The summed E-state index contributed by atoms with van der Waals surface area (Å²) < 4.78 is 5.50. The van der Waals surface area contributed by atoms with Gasteiger partial charge < -0.3 is 20.5 Å². The average Bonchev–Trinajstić information content (AvgIpc) is 2.75. The normalized spacial score (nSPS) is 10.2. The van der Waals surface area contributed by atoms with Crippen LogP contribution in [0.2, 0.25) is 0 Å². The Morgan fingerprint density at radius 1 is 0.862 bits per heavy atom. The van der Waals surface area contributed by atoms with E-state index in [2.05, 4.69) is 10.6 Å². The number of carbonyl (C=O) groups is 2. The van der Waals surface area contributed by atoms with Gasteiger partial charge in [-0.1, -0.05) is 42.5 Å². The van der Waals surface area contributed by atoms with Crippen LogP contribution in [0.1, 0.15) is 22.3 Å². The van der Waals surface area contributed by atoms with Gasteiger partial charge >= 0.3 is 0 Å². The highest BCUT2D eigenvalue weighted by atomic mass is 16.5. The summed E-state index contributed by atoms with van der Waals surface area (Å²) in [6.07, 6.45) is 0.260. The fourth-order valence-corrected chi connectivity index (χ4v) is 2.62. The maximum absolute atomic E-state index is 12.3. The molecule has 6 nitrogen and oxygen atoms in total. The summed E-state index contributed by atoms with van der Waals surface area (Å²) in [6.45, 7) is 0.673. The SMILES string of the molecule is O=C(CCOc1ccccc1)NCc1ccc(C(=O)Nc2ccccc2O)cc1. The zero-order valence-electron chi connectivity index (χ0n) is 15.8. The van der Waals surface area contributed by atoms with E-state index in [4.69, 9.17) is 4.74 Å². The van der Waals surface area contributed by atoms with Crippen molar-refractivity contribution < 1.29 is 19.4 Å². The van der Waals surface area contributed by atoms with Crippen LogP contribution in [0.5, 0.6) is 11.5 Å². The van der Waals surface area contributed by atoms with Crippen LogP contribution >= 0.6 is 0 Å². The van der Waals surface area contributed by atoms with E-state index < -0.39 is 0 Å². The third-order valence-electron chi connectivity index (χ3n) is 4.20. The van der Waals surface area contributed by atoms with Crippen molar-refractivity contribution in [2.45, 2.75) is 13.0 Å². The summed E-state index contributed by atoms with van der Waals surface area (Å²) in [7, 11) is 0. The Morgan fingerprint density at radius 2 is 1.55 bits per heavy atom. The highest BCUT2D eigenvalue weighted by Crippen LogP contribution is 2.22. The van der Waals surface area contributed by atoms with Gasteiger partial charge in [0.1, 0.15) is 11.5 Å². The number of rotatable bonds is 8. The molecule has 0 atom stereocenters. The molecule has 0 heterocycles. The second-order valence-electron chi connectivity index (χ2n) is 6.36. The Kier molecular flexibility index (Phi) is 6.84. The number of anilines is 1. The molecule has 0 radical (unpaired) electrons. The minimum Gasteiger partial charge on any atom is -0.506 e. The Bertz CT molecular complexity index is 956. The van der Waals surface area contributed by atoms with E-state index in [1.54, 1.807) is 42.5 Å². The fraction of sp³-hybridized carbons (Fsp3) is 0.130. The molecule has 3 aromatic rings. The molecule has 0 aliphatic heterocycles. The van der Waals surface area contributed by atoms with Gasteiger partial charge in [0.25, 0.3) is 5.91 Å². The van der Waals surface area contributed by atoms with Crippen molar-refractivity contribution in [2.75, 3.05) is 11.9 Å². The summed E-state index contributed by atoms with van der Waals surface area (Å²) in [4.78, 5) is 24.2. The smallest absolute Gasteiger partial charge is 0.255 e. The molecule has 148 valence electrons. The van der Waals surface area contributed by atoms with Gasteiger partial charge in [0.05, 0.1) is 18.7 Å². The van der Waals surface area contributed by atoms with Gasteiger partial charge in [0.15, 0.2) is 0 Å². The third-order valence-corrected chi connectivity index (χ3v) is 4.20. The molecule has 3 N–H and O–H groups in total. The molecule has 3 rings (SSSR count). The third kappa shape index (κ3) is 6.10. The Labute approximate surface area is 169 Å². The van der Waals surface area contributed by atoms with Crippen molar-refractivity contribution in [3.8, 4) is 11.5 Å². The van der Waals surface area contributed by atoms with E-state index in [0.29, 0.717) is 24.4 Å². The van der Waals surface area contributed by atoms with Crippen molar-refractivity contribution >= 4 is 17.5 Å². The van der Waals surface area contributed by atoms with Crippen LogP contribution < -0.4 is 15.4 Å². The summed E-state index contributed by atoms with van der Waals surface area (Å²) in [5.74, 6) is 0.317. The first kappa shape index (κ1) is 19.9. The number of hydrogen-bond donors (Lipinski definition) is 3. The van der Waals surface area contributed by atoms with Crippen LogP contribution in [-0.4, -0.2) is 23.5 Å². The van der Waals surface area contributed by atoms with Crippen molar-refractivity contribution in [3.63, 3.8) is 0 Å². The van der Waals surface area contributed by atoms with Crippen LogP contribution in [-0.2, 0) is 11.3 Å². The molecule has 6 heteroatoms. The summed E-state index contributed by atoms with van der Waals surface area (Å²) in [5.41, 5.74) is 1.69. The molecule has 3 aromatic carbocycles. The number of para-hydroxylation sites is 3. The number of phenols is 1. The summed E-state index contributed by atoms with van der Waals surface area (Å²) in [6, 6.07) is 22.8. The topological polar surface area (TPSA) is 87.7 Å². The molecule has 29 heavy (non-hydrogen) atoms. The van der Waals surface area contributed by atoms with Gasteiger partial charge in [-0.05, 0) is 42.0 Å². The Balaban J connectivity index is 1.43. The number of carbonyl (C=O) groups excluding carboxylic acids is 2. The van der Waals surface area contributed by atoms with E-state index in [-0.39, 0.29) is 24.0 Å². The van der Waals surface area contributed by atoms with Gasteiger partial charge in [-0.2, -0.15) is 0 Å². The number of ether oxygens (including phenoxy) is 1. The molecule has 0 fully saturated rings. The van der Waals surface area contributed by atoms with E-state index in [1.165, 1.54) is 6.07 Å². The van der Waals surface area contributed by atoms with Crippen molar-refractivity contribution in [1.82, 2.24) is 5.32 Å². The monoisotopic (exact) mass is 390 g/mol. The second-order valence-corrected chi connectivity index (χ2v) is 6.36. The molecular formula is C23H22N2O4. The number of aromatic hydroxyl groups is 1. The summed E-state index contributed by atoms with van der Waals surface area (Å²) in [5, 5.41) is 15.2. The molecule has 0 aliphatic carbocycles. The first-order valence-corrected chi connectivity index (χ1v) is 9.24. The number of amides is 2. The van der Waals surface area contributed by atoms with E-state index >= 15 is 0 Å². The summed E-state index contributed by atoms with van der Waals surface area (Å²) >= 11 is 0. The van der Waals surface area contributed by atoms with Crippen molar-refractivity contribution in [1.29, 1.82) is 0 Å². The highest BCUT2D eigenvalue weighted by molar-refractivity contribution is 6.05. The number of nitrogens with one attached hydrogen (secondary N) is 2. The predicted molar refractivity (Wildman–Crippen MR) is 111 cm³/mol. The fourth-order valence-electron chi connectivity index (χ4n) is 2.62. The largest absolute Gasteiger partial charge is 0.506 e. The maximum atomic E-state index is 12.3. The van der Waals surface area contributed by atoms with Gasteiger partial charge in [-0.25, -0.2) is 0 Å². The first-order valence-electron chi connectivity index (χ1n) is 9.24. The lowest BCUT2D eigenvalue weighted by molar-refractivity contribution is -0.121. The second kappa shape index (κ2) is 9.94. The highest BCUT2D eigenvalue weighted by Gasteiger charge is 2.09. The minimum atomic E-state index is -0.319. The van der Waals surface area contributed by atoms with E-state index in [1.807, 2.05) is 30.3 Å². The van der Waals surface area contributed by atoms with Gasteiger partial charge in [-0.3, -0.25) is 9.59 Å². The zero-order chi connectivity index (χ0) is 20.5. The number of benzene rings is 3. The predicted octanol–water partition coefficient (Wildman–Crippen LogP) is 3.73. The molecule has 0 unspecified atom stereocenters. The van der Waals surface area contributed by atoms with E-state index in [0.717, 1.165) is 11.3 Å². The quantitative estimate of drug-likeness (QED) is 0.512. The lowest BCUT2D eigenvalue weighted by atomic mass is 10.1. The zero-order valence-corrected chi connectivity index (χ0v) is 15.8. The van der Waals surface area contributed by atoms with Gasteiger partial charge in [0, 0.05) is 12.1 Å². The van der Waals surface area contributed by atoms with Crippen LogP contribution in [0.15, 0.2) is 78.9 Å². The molecular weight excluding hydrogens is 368 g/mol. The Morgan fingerprint density at radius 3 is 2.28 bits per heavy atom. The number of hydrogen-bond acceptors (Lipinski definition) is 4. The lowest BCUT2D eigenvalue weighted by Gasteiger charge is -2.09. The first-order chi connectivity index (χ1) is 14.1. The molecule has 0 aliphatic rings. The van der Waals surface area contributed by atoms with Crippen molar-refractivity contribution in [2.24, 2.45) is 0 Å². The molecule has 0 saturated heterocycles. The van der Waals surface area contributed by atoms with Crippen molar-refractivity contribution in [3.05, 3.63) is 90.0 Å². The van der Waals surface area contributed by atoms with Crippen LogP contribution in [0.3, 0.4) is 0 Å². The van der Waals surface area contributed by atoms with Gasteiger partial charge in [-0.15, -0.1) is 0 Å². The van der Waals surface area contributed by atoms with Crippen LogP contribution in [0.4, 0.5) is 5.69 Å². The average molecular weight is 390 g/mol. The standard InChI is InChI=1S/C23H22N2O4/c26-21-9-5-4-8-20(21)25-23(28)18-12-10-17(11-13-18)16-24-22(27)14-15-29-19-6-2-1-3-7-19/h1-13,26H,14-16H2,(H,24,27)(H,25,28). The molecule has 0 saturated carbocycles. The molecule has 0 spiro atoms. The van der Waals surface area contributed by atoms with E-state index in [9.17, 15) is 14.7 Å².